The van der Waals surface area contributed by atoms with Crippen LogP contribution in [0.2, 0.25) is 0 Å². The van der Waals surface area contributed by atoms with Crippen LogP contribution in [0, 0.1) is 0 Å². The molecule has 1 aliphatic heterocycles. The number of para-hydroxylation sites is 2. The molecule has 8 heteroatoms. The Hall–Kier alpha value is -3.26. The number of carbonyl (C=O) groups excluding carboxylic acids is 2. The summed E-state index contributed by atoms with van der Waals surface area (Å²) in [6.07, 6.45) is 2.19. The number of hydrogen-bond donors (Lipinski definition) is 2. The topological polar surface area (TPSA) is 95.1 Å². The van der Waals surface area contributed by atoms with E-state index >= 15 is 0 Å². The van der Waals surface area contributed by atoms with Crippen LogP contribution in [-0.4, -0.2) is 44.8 Å². The van der Waals surface area contributed by atoms with Crippen LogP contribution in [-0.2, 0) is 9.53 Å². The van der Waals surface area contributed by atoms with Gasteiger partial charge in [-0.3, -0.25) is 20.4 Å². The minimum Gasteiger partial charge on any atom is -0.493 e. The van der Waals surface area contributed by atoms with Crippen molar-refractivity contribution >= 4 is 11.8 Å². The number of nitrogens with one attached hydrogen (secondary N) is 2. The summed E-state index contributed by atoms with van der Waals surface area (Å²) in [6.45, 7) is 1.01. The van der Waals surface area contributed by atoms with Gasteiger partial charge in [0.15, 0.2) is 18.1 Å². The molecule has 0 aliphatic carbocycles. The fourth-order valence-electron chi connectivity index (χ4n) is 2.78. The zero-order valence-electron chi connectivity index (χ0n) is 16.2. The summed E-state index contributed by atoms with van der Waals surface area (Å²) in [5.41, 5.74) is 5.05. The molecule has 1 fully saturated rings. The molecule has 1 aliphatic rings. The van der Waals surface area contributed by atoms with Crippen molar-refractivity contribution in [2.24, 2.45) is 0 Å². The Morgan fingerprint density at radius 2 is 1.79 bits per heavy atom. The second kappa shape index (κ2) is 10.3. The Morgan fingerprint density at radius 1 is 1.03 bits per heavy atom. The first-order valence-electron chi connectivity index (χ1n) is 9.35. The van der Waals surface area contributed by atoms with Crippen LogP contribution in [0.5, 0.6) is 17.2 Å². The molecule has 0 spiro atoms. The molecule has 0 radical (unpaired) electrons. The van der Waals surface area contributed by atoms with Gasteiger partial charge in [-0.1, -0.05) is 12.1 Å². The lowest BCUT2D eigenvalue weighted by Crippen LogP contribution is -2.43. The van der Waals surface area contributed by atoms with Gasteiger partial charge in [0.1, 0.15) is 12.4 Å². The fraction of sp³-hybridized carbons (Fsp3) is 0.333. The molecule has 3 rings (SSSR count). The number of methoxy groups -OCH3 is 1. The van der Waals surface area contributed by atoms with Gasteiger partial charge in [0.25, 0.3) is 11.8 Å². The van der Waals surface area contributed by atoms with Gasteiger partial charge in [-0.2, -0.15) is 0 Å². The van der Waals surface area contributed by atoms with E-state index in [1.54, 1.807) is 48.5 Å². The predicted molar refractivity (Wildman–Crippen MR) is 105 cm³/mol. The molecule has 0 saturated carbocycles. The fourth-order valence-corrected chi connectivity index (χ4v) is 2.78. The maximum Gasteiger partial charge on any atom is 0.276 e. The lowest BCUT2D eigenvalue weighted by Gasteiger charge is -2.12. The van der Waals surface area contributed by atoms with Crippen molar-refractivity contribution in [3.05, 3.63) is 54.1 Å². The van der Waals surface area contributed by atoms with E-state index < -0.39 is 11.8 Å². The summed E-state index contributed by atoms with van der Waals surface area (Å²) in [7, 11) is 1.52. The molecule has 29 heavy (non-hydrogen) atoms. The summed E-state index contributed by atoms with van der Waals surface area (Å²) in [5, 5.41) is 0. The minimum atomic E-state index is -0.499. The van der Waals surface area contributed by atoms with E-state index in [9.17, 15) is 9.59 Å². The van der Waals surface area contributed by atoms with Gasteiger partial charge < -0.3 is 18.9 Å². The van der Waals surface area contributed by atoms with Crippen molar-refractivity contribution < 1.29 is 28.5 Å². The van der Waals surface area contributed by atoms with E-state index in [0.717, 1.165) is 19.4 Å². The van der Waals surface area contributed by atoms with E-state index in [2.05, 4.69) is 10.9 Å². The highest BCUT2D eigenvalue weighted by Gasteiger charge is 2.16. The van der Waals surface area contributed by atoms with Crippen LogP contribution in [0.1, 0.15) is 23.2 Å². The van der Waals surface area contributed by atoms with E-state index in [1.807, 2.05) is 0 Å². The number of benzene rings is 2. The predicted octanol–water partition coefficient (Wildman–Crippen LogP) is 2.09. The van der Waals surface area contributed by atoms with E-state index in [1.165, 1.54) is 7.11 Å². The summed E-state index contributed by atoms with van der Waals surface area (Å²) in [6, 6.07) is 13.6. The van der Waals surface area contributed by atoms with Gasteiger partial charge >= 0.3 is 0 Å². The van der Waals surface area contributed by atoms with E-state index in [0.29, 0.717) is 29.4 Å². The molecule has 1 unspecified atom stereocenters. The maximum atomic E-state index is 12.2. The summed E-state index contributed by atoms with van der Waals surface area (Å²) in [4.78, 5) is 24.0. The molecule has 154 valence electrons. The van der Waals surface area contributed by atoms with Crippen molar-refractivity contribution in [2.75, 3.05) is 26.9 Å². The van der Waals surface area contributed by atoms with Crippen LogP contribution in [0.15, 0.2) is 48.5 Å². The highest BCUT2D eigenvalue weighted by molar-refractivity contribution is 5.95. The van der Waals surface area contributed by atoms with Gasteiger partial charge in [-0.15, -0.1) is 0 Å². The second-order valence-electron chi connectivity index (χ2n) is 6.41. The number of rotatable bonds is 8. The van der Waals surface area contributed by atoms with E-state index in [4.69, 9.17) is 18.9 Å². The van der Waals surface area contributed by atoms with Gasteiger partial charge in [-0.25, -0.2) is 0 Å². The quantitative estimate of drug-likeness (QED) is 0.659. The average molecular weight is 400 g/mol. The van der Waals surface area contributed by atoms with E-state index in [-0.39, 0.29) is 12.7 Å². The summed E-state index contributed by atoms with van der Waals surface area (Å²) in [5.74, 6) is 0.676. The number of hydrogen-bond acceptors (Lipinski definition) is 6. The van der Waals surface area contributed by atoms with Crippen molar-refractivity contribution in [1.82, 2.24) is 10.9 Å². The molecule has 2 aromatic carbocycles. The van der Waals surface area contributed by atoms with Crippen molar-refractivity contribution in [3.8, 4) is 17.2 Å². The van der Waals surface area contributed by atoms with Crippen LogP contribution >= 0.6 is 0 Å². The smallest absolute Gasteiger partial charge is 0.276 e. The number of hydrazine groups is 1. The second-order valence-corrected chi connectivity index (χ2v) is 6.41. The largest absolute Gasteiger partial charge is 0.493 e. The maximum absolute atomic E-state index is 12.2. The zero-order chi connectivity index (χ0) is 20.5. The number of amides is 2. The highest BCUT2D eigenvalue weighted by atomic mass is 16.5. The molecule has 1 heterocycles. The molecule has 2 aromatic rings. The molecule has 1 saturated heterocycles. The van der Waals surface area contributed by atoms with Crippen LogP contribution in [0.4, 0.5) is 0 Å². The van der Waals surface area contributed by atoms with Gasteiger partial charge in [0.05, 0.1) is 13.2 Å². The van der Waals surface area contributed by atoms with Gasteiger partial charge in [-0.05, 0) is 49.2 Å². The Morgan fingerprint density at radius 3 is 2.48 bits per heavy atom. The first-order valence-corrected chi connectivity index (χ1v) is 9.35. The lowest BCUT2D eigenvalue weighted by atomic mass is 10.2. The summed E-state index contributed by atoms with van der Waals surface area (Å²) < 4.78 is 21.7. The Balaban J connectivity index is 1.40. The Kier molecular flexibility index (Phi) is 7.29. The van der Waals surface area contributed by atoms with Crippen LogP contribution in [0.25, 0.3) is 0 Å². The standard InChI is InChI=1S/C21H24N2O6/c1-26-18-6-2-3-7-19(18)29-14-20(24)22-23-21(25)15-8-10-16(11-9-15)28-13-17-5-4-12-27-17/h2-3,6-11,17H,4-5,12-14H2,1H3,(H,22,24)(H,23,25). The monoisotopic (exact) mass is 400 g/mol. The first-order chi connectivity index (χ1) is 14.2. The minimum absolute atomic E-state index is 0.131. The average Bonchev–Trinajstić information content (AvgIpc) is 3.29. The zero-order valence-corrected chi connectivity index (χ0v) is 16.2. The van der Waals surface area contributed by atoms with Crippen LogP contribution < -0.4 is 25.1 Å². The third-order valence-corrected chi connectivity index (χ3v) is 4.32. The molecular weight excluding hydrogens is 376 g/mol. The van der Waals surface area contributed by atoms with Gasteiger partial charge in [0.2, 0.25) is 0 Å². The van der Waals surface area contributed by atoms with Crippen molar-refractivity contribution in [1.29, 1.82) is 0 Å². The Labute approximate surface area is 169 Å². The molecular formula is C21H24N2O6. The van der Waals surface area contributed by atoms with Crippen molar-refractivity contribution in [2.45, 2.75) is 18.9 Å². The third-order valence-electron chi connectivity index (χ3n) is 4.32. The molecule has 2 amide bonds. The molecule has 0 bridgehead atoms. The van der Waals surface area contributed by atoms with Crippen LogP contribution in [0.3, 0.4) is 0 Å². The first kappa shape index (κ1) is 20.5. The summed E-state index contributed by atoms with van der Waals surface area (Å²) >= 11 is 0. The highest BCUT2D eigenvalue weighted by Crippen LogP contribution is 2.25. The lowest BCUT2D eigenvalue weighted by molar-refractivity contribution is -0.123. The normalized spacial score (nSPS) is 15.4. The third kappa shape index (κ3) is 6.11. The number of ether oxygens (including phenoxy) is 4. The molecule has 1 atom stereocenters. The molecule has 2 N–H and O–H groups in total. The van der Waals surface area contributed by atoms with Gasteiger partial charge in [0, 0.05) is 12.2 Å². The molecule has 0 aromatic heterocycles. The molecule has 8 nitrogen and oxygen atoms in total. The van der Waals surface area contributed by atoms with Crippen molar-refractivity contribution in [3.63, 3.8) is 0 Å². The Bertz CT molecular complexity index is 818. The SMILES string of the molecule is COc1ccccc1OCC(=O)NNC(=O)c1ccc(OCC2CCCO2)cc1. The number of carbonyl (C=O) groups is 2.